The number of thiophene rings is 1. The maximum absolute atomic E-state index is 12.5. The highest BCUT2D eigenvalue weighted by Crippen LogP contribution is 2.34. The van der Waals surface area contributed by atoms with Crippen LogP contribution in [0.1, 0.15) is 57.2 Å². The summed E-state index contributed by atoms with van der Waals surface area (Å²) in [7, 11) is 0. The molecule has 0 spiro atoms. The van der Waals surface area contributed by atoms with Crippen LogP contribution in [0, 0.1) is 20.8 Å². The molecule has 0 aliphatic rings. The third-order valence-electron chi connectivity index (χ3n) is 4.18. The van der Waals surface area contributed by atoms with Gasteiger partial charge >= 0.3 is 11.9 Å². The van der Waals surface area contributed by atoms with Gasteiger partial charge in [0.25, 0.3) is 0 Å². The molecular formula is C19H24ClN3O5S. The van der Waals surface area contributed by atoms with E-state index in [1.165, 1.54) is 0 Å². The van der Waals surface area contributed by atoms with Gasteiger partial charge in [0.05, 0.1) is 41.7 Å². The van der Waals surface area contributed by atoms with Crippen LogP contribution in [0.4, 0.5) is 5.00 Å². The average molecular weight is 442 g/mol. The zero-order valence-electron chi connectivity index (χ0n) is 17.1. The summed E-state index contributed by atoms with van der Waals surface area (Å²) < 4.78 is 11.8. The molecule has 0 fully saturated rings. The van der Waals surface area contributed by atoms with Crippen molar-refractivity contribution in [1.29, 1.82) is 0 Å². The highest BCUT2D eigenvalue weighted by molar-refractivity contribution is 7.18. The summed E-state index contributed by atoms with van der Waals surface area (Å²) in [6, 6.07) is 0. The minimum Gasteiger partial charge on any atom is -0.462 e. The topological polar surface area (TPSA) is 99.5 Å². The smallest absolute Gasteiger partial charge is 0.348 e. The number of nitrogens with one attached hydrogen (secondary N) is 1. The van der Waals surface area contributed by atoms with E-state index in [2.05, 4.69) is 10.4 Å². The lowest BCUT2D eigenvalue weighted by molar-refractivity contribution is -0.116. The van der Waals surface area contributed by atoms with Gasteiger partial charge in [-0.15, -0.1) is 11.3 Å². The lowest BCUT2D eigenvalue weighted by Gasteiger charge is -2.08. The quantitative estimate of drug-likeness (QED) is 0.623. The SMILES string of the molecule is CCOC(=O)c1sc(NC(=O)CCn2nc(C)c(Cl)c2C)c(C(=O)OCC)c1C. The first kappa shape index (κ1) is 22.9. The zero-order chi connectivity index (χ0) is 21.7. The number of hydrogen-bond donors (Lipinski definition) is 1. The Balaban J connectivity index is 2.21. The van der Waals surface area contributed by atoms with Crippen molar-refractivity contribution in [2.75, 3.05) is 18.5 Å². The van der Waals surface area contributed by atoms with Gasteiger partial charge in [-0.3, -0.25) is 9.48 Å². The minimum atomic E-state index is -0.600. The molecule has 158 valence electrons. The Hall–Kier alpha value is -2.39. The van der Waals surface area contributed by atoms with Crippen LogP contribution in [0.15, 0.2) is 0 Å². The van der Waals surface area contributed by atoms with Gasteiger partial charge in [-0.1, -0.05) is 11.6 Å². The Bertz CT molecular complexity index is 935. The van der Waals surface area contributed by atoms with Gasteiger partial charge in [-0.05, 0) is 40.2 Å². The molecule has 0 bridgehead atoms. The van der Waals surface area contributed by atoms with Crippen LogP contribution in [-0.2, 0) is 20.8 Å². The lowest BCUT2D eigenvalue weighted by atomic mass is 10.1. The average Bonchev–Trinajstić information content (AvgIpc) is 3.11. The van der Waals surface area contributed by atoms with Crippen molar-refractivity contribution in [3.05, 3.63) is 32.4 Å². The van der Waals surface area contributed by atoms with Crippen LogP contribution in [-0.4, -0.2) is 40.8 Å². The van der Waals surface area contributed by atoms with Crippen LogP contribution in [0.5, 0.6) is 0 Å². The molecule has 0 saturated heterocycles. The van der Waals surface area contributed by atoms with Crippen molar-refractivity contribution in [1.82, 2.24) is 9.78 Å². The summed E-state index contributed by atoms with van der Waals surface area (Å²) in [6.07, 6.45) is 0.117. The largest absolute Gasteiger partial charge is 0.462 e. The van der Waals surface area contributed by atoms with Gasteiger partial charge in [0, 0.05) is 6.42 Å². The molecule has 10 heteroatoms. The Labute approximate surface area is 178 Å². The van der Waals surface area contributed by atoms with E-state index in [0.717, 1.165) is 17.0 Å². The van der Waals surface area contributed by atoms with Gasteiger partial charge < -0.3 is 14.8 Å². The van der Waals surface area contributed by atoms with Crippen molar-refractivity contribution in [3.63, 3.8) is 0 Å². The minimum absolute atomic E-state index is 0.117. The lowest BCUT2D eigenvalue weighted by Crippen LogP contribution is -2.17. The van der Waals surface area contributed by atoms with Crippen molar-refractivity contribution in [2.45, 2.75) is 47.6 Å². The van der Waals surface area contributed by atoms with Gasteiger partial charge in [-0.25, -0.2) is 9.59 Å². The molecule has 2 aromatic rings. The number of nitrogens with zero attached hydrogens (tertiary/aromatic N) is 2. The number of aromatic nitrogens is 2. The first-order valence-corrected chi connectivity index (χ1v) is 10.4. The predicted octanol–water partition coefficient (Wildman–Crippen LogP) is 3.91. The van der Waals surface area contributed by atoms with Crippen LogP contribution in [0.2, 0.25) is 5.02 Å². The fraction of sp³-hybridized carbons (Fsp3) is 0.474. The van der Waals surface area contributed by atoms with E-state index in [1.54, 1.807) is 32.4 Å². The second-order valence-electron chi connectivity index (χ2n) is 6.21. The number of ether oxygens (including phenoxy) is 2. The summed E-state index contributed by atoms with van der Waals surface area (Å²) in [5.41, 5.74) is 2.07. The molecule has 2 aromatic heterocycles. The van der Waals surface area contributed by atoms with E-state index in [0.29, 0.717) is 22.8 Å². The van der Waals surface area contributed by atoms with Crippen LogP contribution in [0.25, 0.3) is 0 Å². The van der Waals surface area contributed by atoms with E-state index in [9.17, 15) is 14.4 Å². The zero-order valence-corrected chi connectivity index (χ0v) is 18.6. The molecule has 0 atom stereocenters. The first-order chi connectivity index (χ1) is 13.7. The second kappa shape index (κ2) is 9.89. The molecule has 2 heterocycles. The number of hydrogen-bond acceptors (Lipinski definition) is 7. The molecule has 0 saturated carbocycles. The normalized spacial score (nSPS) is 10.7. The number of anilines is 1. The maximum atomic E-state index is 12.5. The highest BCUT2D eigenvalue weighted by atomic mass is 35.5. The van der Waals surface area contributed by atoms with Crippen LogP contribution in [0.3, 0.4) is 0 Å². The Morgan fingerprint density at radius 3 is 2.28 bits per heavy atom. The predicted molar refractivity (Wildman–Crippen MR) is 111 cm³/mol. The fourth-order valence-electron chi connectivity index (χ4n) is 2.73. The van der Waals surface area contributed by atoms with Crippen molar-refractivity contribution in [3.8, 4) is 0 Å². The molecule has 29 heavy (non-hydrogen) atoms. The molecule has 1 amide bonds. The molecule has 8 nitrogen and oxygen atoms in total. The summed E-state index contributed by atoms with van der Waals surface area (Å²) in [6.45, 7) is 9.34. The number of esters is 2. The van der Waals surface area contributed by atoms with Crippen LogP contribution < -0.4 is 5.32 Å². The standard InChI is InChI=1S/C19H24ClN3O5S/c1-6-27-18(25)14-10(3)16(19(26)28-7-2)29-17(14)21-13(24)8-9-23-12(5)15(20)11(4)22-23/h6-9H2,1-5H3,(H,21,24). The van der Waals surface area contributed by atoms with Gasteiger partial charge in [0.15, 0.2) is 0 Å². The van der Waals surface area contributed by atoms with Gasteiger partial charge in [0.2, 0.25) is 5.91 Å². The Morgan fingerprint density at radius 2 is 1.72 bits per heavy atom. The monoisotopic (exact) mass is 441 g/mol. The molecule has 0 radical (unpaired) electrons. The van der Waals surface area contributed by atoms with E-state index < -0.39 is 11.9 Å². The molecule has 0 aliphatic carbocycles. The van der Waals surface area contributed by atoms with Crippen molar-refractivity contribution < 1.29 is 23.9 Å². The van der Waals surface area contributed by atoms with E-state index in [1.807, 2.05) is 6.92 Å². The van der Waals surface area contributed by atoms with Gasteiger partial charge in [0.1, 0.15) is 9.88 Å². The fourth-order valence-corrected chi connectivity index (χ4v) is 3.97. The summed E-state index contributed by atoms with van der Waals surface area (Å²) in [4.78, 5) is 37.3. The highest BCUT2D eigenvalue weighted by Gasteiger charge is 2.27. The molecule has 0 aliphatic heterocycles. The van der Waals surface area contributed by atoms with Crippen LogP contribution >= 0.6 is 22.9 Å². The molecule has 0 aromatic carbocycles. The number of carbonyl (C=O) groups excluding carboxylic acids is 3. The third-order valence-corrected chi connectivity index (χ3v) is 5.92. The van der Waals surface area contributed by atoms with E-state index in [4.69, 9.17) is 21.1 Å². The summed E-state index contributed by atoms with van der Waals surface area (Å²) in [5.74, 6) is -1.47. The van der Waals surface area contributed by atoms with Gasteiger partial charge in [-0.2, -0.15) is 5.10 Å². The number of rotatable bonds is 8. The molecule has 1 N–H and O–H groups in total. The Kier molecular flexibility index (Phi) is 7.80. The number of amides is 1. The maximum Gasteiger partial charge on any atom is 0.348 e. The summed E-state index contributed by atoms with van der Waals surface area (Å²) >= 11 is 7.12. The van der Waals surface area contributed by atoms with E-state index in [-0.39, 0.29) is 41.0 Å². The third kappa shape index (κ3) is 5.16. The van der Waals surface area contributed by atoms with Crippen molar-refractivity contribution >= 4 is 45.8 Å². The number of halogens is 1. The molecule has 2 rings (SSSR count). The van der Waals surface area contributed by atoms with Crippen molar-refractivity contribution in [2.24, 2.45) is 0 Å². The Morgan fingerprint density at radius 1 is 1.10 bits per heavy atom. The van der Waals surface area contributed by atoms with E-state index >= 15 is 0 Å². The molecular weight excluding hydrogens is 418 g/mol. The number of aryl methyl sites for hydroxylation is 2. The number of carbonyl (C=O) groups is 3. The second-order valence-corrected chi connectivity index (χ2v) is 7.61. The molecule has 0 unspecified atom stereocenters. The summed E-state index contributed by atoms with van der Waals surface area (Å²) in [5, 5.41) is 7.85. The first-order valence-electron chi connectivity index (χ1n) is 9.18.